The van der Waals surface area contributed by atoms with Crippen LogP contribution in [0.2, 0.25) is 0 Å². The molecule has 2 aliphatic rings. The van der Waals surface area contributed by atoms with Crippen LogP contribution >= 0.6 is 0 Å². The molecule has 1 aromatic carbocycles. The van der Waals surface area contributed by atoms with Gasteiger partial charge < -0.3 is 19.9 Å². The first kappa shape index (κ1) is 25.6. The minimum atomic E-state index is -0.495. The summed E-state index contributed by atoms with van der Waals surface area (Å²) in [6.07, 6.45) is 3.34. The number of hydrogen-bond acceptors (Lipinski definition) is 4. The van der Waals surface area contributed by atoms with Crippen molar-refractivity contribution in [2.75, 3.05) is 53.5 Å². The molecule has 1 aliphatic heterocycles. The van der Waals surface area contributed by atoms with Crippen LogP contribution in [0, 0.1) is 17.3 Å². The van der Waals surface area contributed by atoms with Gasteiger partial charge in [-0.15, -0.1) is 0 Å². The summed E-state index contributed by atoms with van der Waals surface area (Å²) in [5.74, 6) is 1.87. The first-order chi connectivity index (χ1) is 16.2. The van der Waals surface area contributed by atoms with Crippen LogP contribution in [0.4, 0.5) is 4.39 Å². The lowest BCUT2D eigenvalue weighted by Crippen LogP contribution is -2.48. The second-order valence-corrected chi connectivity index (χ2v) is 11.7. The normalized spacial score (nSPS) is 24.4. The molecular formula is C28H45FN4O. The van der Waals surface area contributed by atoms with Crippen molar-refractivity contribution >= 4 is 10.9 Å². The predicted octanol–water partition coefficient (Wildman–Crippen LogP) is 4.16. The van der Waals surface area contributed by atoms with Gasteiger partial charge in [-0.05, 0) is 87.5 Å². The smallest absolute Gasteiger partial charge is 0.110 e. The minimum Gasteiger partial charge on any atom is -0.378 e. The molecule has 0 spiro atoms. The molecule has 4 rings (SSSR count). The number of aromatic amines is 1. The average Bonchev–Trinajstić information content (AvgIpc) is 3.15. The number of piperidine rings is 1. The Morgan fingerprint density at radius 2 is 2.12 bits per heavy atom. The second-order valence-electron chi connectivity index (χ2n) is 11.7. The van der Waals surface area contributed by atoms with Gasteiger partial charge in [0.05, 0.1) is 6.67 Å². The van der Waals surface area contributed by atoms with E-state index in [1.165, 1.54) is 28.6 Å². The molecule has 0 bridgehead atoms. The lowest BCUT2D eigenvalue weighted by molar-refractivity contribution is 0.00312. The Balaban J connectivity index is 1.40. The fourth-order valence-corrected chi connectivity index (χ4v) is 6.15. The molecule has 2 heterocycles. The van der Waals surface area contributed by atoms with Crippen LogP contribution in [-0.2, 0) is 12.8 Å². The average molecular weight is 473 g/mol. The molecule has 3 N–H and O–H groups in total. The number of halogens is 1. The van der Waals surface area contributed by atoms with Crippen molar-refractivity contribution in [1.29, 1.82) is 0 Å². The van der Waals surface area contributed by atoms with Crippen molar-refractivity contribution < 1.29 is 9.50 Å². The molecule has 1 aromatic heterocycles. The lowest BCUT2D eigenvalue weighted by Gasteiger charge is -2.45. The van der Waals surface area contributed by atoms with E-state index in [2.05, 4.69) is 73.2 Å². The molecule has 6 heteroatoms. The molecule has 34 heavy (non-hydrogen) atoms. The van der Waals surface area contributed by atoms with E-state index >= 15 is 0 Å². The molecule has 2 aromatic rings. The first-order valence-electron chi connectivity index (χ1n) is 13.2. The molecule has 1 fully saturated rings. The summed E-state index contributed by atoms with van der Waals surface area (Å²) < 4.78 is 12.9. The van der Waals surface area contributed by atoms with E-state index in [0.717, 1.165) is 57.0 Å². The Hall–Kier alpha value is -1.47. The fraction of sp³-hybridized carbons (Fsp3) is 0.714. The number of likely N-dealkylation sites (tertiary alicyclic amines) is 1. The highest BCUT2D eigenvalue weighted by Crippen LogP contribution is 2.46. The molecule has 190 valence electrons. The monoisotopic (exact) mass is 472 g/mol. The van der Waals surface area contributed by atoms with Crippen LogP contribution < -0.4 is 5.32 Å². The van der Waals surface area contributed by atoms with Crippen LogP contribution in [0.25, 0.3) is 10.9 Å². The summed E-state index contributed by atoms with van der Waals surface area (Å²) in [6.45, 7) is 11.4. The highest BCUT2D eigenvalue weighted by molar-refractivity contribution is 5.86. The number of alkyl halides is 1. The van der Waals surface area contributed by atoms with Gasteiger partial charge in [-0.3, -0.25) is 9.71 Å². The maximum Gasteiger partial charge on any atom is 0.110 e. The Labute approximate surface area is 205 Å². The van der Waals surface area contributed by atoms with E-state index in [4.69, 9.17) is 0 Å². The van der Waals surface area contributed by atoms with Crippen LogP contribution in [0.1, 0.15) is 56.4 Å². The van der Waals surface area contributed by atoms with Crippen molar-refractivity contribution in [2.45, 2.75) is 58.6 Å². The zero-order valence-corrected chi connectivity index (χ0v) is 21.8. The van der Waals surface area contributed by atoms with Gasteiger partial charge >= 0.3 is 0 Å². The molecular weight excluding hydrogens is 427 g/mol. The predicted molar refractivity (Wildman–Crippen MR) is 139 cm³/mol. The van der Waals surface area contributed by atoms with Crippen molar-refractivity contribution in [2.24, 2.45) is 17.3 Å². The Morgan fingerprint density at radius 3 is 2.85 bits per heavy atom. The van der Waals surface area contributed by atoms with Crippen molar-refractivity contribution in [3.8, 4) is 0 Å². The molecule has 1 saturated heterocycles. The van der Waals surface area contributed by atoms with Gasteiger partial charge in [0.1, 0.15) is 6.23 Å². The number of aryl methyl sites for hydroxylation is 1. The number of fused-ring (bicyclic) bond motifs is 4. The molecule has 0 saturated carbocycles. The van der Waals surface area contributed by atoms with Crippen molar-refractivity contribution in [3.63, 3.8) is 0 Å². The minimum absolute atomic E-state index is 0.168. The van der Waals surface area contributed by atoms with E-state index in [1.807, 2.05) is 0 Å². The lowest BCUT2D eigenvalue weighted by atomic mass is 9.68. The zero-order valence-electron chi connectivity index (χ0n) is 21.8. The number of H-pyrrole nitrogens is 1. The van der Waals surface area contributed by atoms with Gasteiger partial charge in [-0.25, -0.2) is 0 Å². The van der Waals surface area contributed by atoms with E-state index in [-0.39, 0.29) is 12.1 Å². The number of nitrogens with one attached hydrogen (secondary N) is 2. The number of rotatable bonds is 10. The highest BCUT2D eigenvalue weighted by atomic mass is 19.1. The van der Waals surface area contributed by atoms with Crippen LogP contribution in [-0.4, -0.2) is 79.6 Å². The quantitative estimate of drug-likeness (QED) is 0.455. The summed E-state index contributed by atoms with van der Waals surface area (Å²) in [5, 5.41) is 15.3. The third kappa shape index (κ3) is 5.51. The molecule has 0 amide bonds. The Bertz CT molecular complexity index is 955. The summed E-state index contributed by atoms with van der Waals surface area (Å²) in [6, 6.07) is 6.42. The topological polar surface area (TPSA) is 54.5 Å². The molecule has 4 atom stereocenters. The maximum absolute atomic E-state index is 12.9. The van der Waals surface area contributed by atoms with Crippen LogP contribution in [0.3, 0.4) is 0 Å². The van der Waals surface area contributed by atoms with Crippen molar-refractivity contribution in [3.05, 3.63) is 35.0 Å². The third-order valence-electron chi connectivity index (χ3n) is 8.53. The fourth-order valence-electron chi connectivity index (χ4n) is 6.15. The first-order valence-corrected chi connectivity index (χ1v) is 13.2. The molecule has 3 unspecified atom stereocenters. The van der Waals surface area contributed by atoms with Gasteiger partial charge in [0.25, 0.3) is 0 Å². The number of benzene rings is 1. The number of nitrogens with zero attached hydrogens (tertiary/aromatic N) is 2. The van der Waals surface area contributed by atoms with Crippen LogP contribution in [0.5, 0.6) is 0 Å². The van der Waals surface area contributed by atoms with Crippen LogP contribution in [0.15, 0.2) is 18.2 Å². The summed E-state index contributed by atoms with van der Waals surface area (Å²) >= 11 is 0. The summed E-state index contributed by atoms with van der Waals surface area (Å²) in [7, 11) is 4.11. The molecule has 0 radical (unpaired) electrons. The van der Waals surface area contributed by atoms with Gasteiger partial charge in [-0.2, -0.15) is 0 Å². The van der Waals surface area contributed by atoms with Crippen molar-refractivity contribution in [1.82, 2.24) is 20.1 Å². The highest BCUT2D eigenvalue weighted by Gasteiger charge is 2.40. The number of aliphatic hydroxyl groups is 1. The second kappa shape index (κ2) is 10.7. The zero-order chi connectivity index (χ0) is 24.5. The third-order valence-corrected chi connectivity index (χ3v) is 8.53. The van der Waals surface area contributed by atoms with Gasteiger partial charge in [0.15, 0.2) is 0 Å². The Morgan fingerprint density at radius 1 is 1.32 bits per heavy atom. The SMILES string of the molecule is C[C@H]1c2c([nH]c3ccc(CCF)cc23)CC2CCN(CCC(C)(C)C(O)NCCN(C)C)CC21. The Kier molecular flexibility index (Phi) is 8.02. The molecule has 1 aliphatic carbocycles. The van der Waals surface area contributed by atoms with E-state index < -0.39 is 6.23 Å². The number of hydrogen-bond donors (Lipinski definition) is 3. The number of aromatic nitrogens is 1. The standard InChI is InChI=1S/C28H45FN4O/c1-19-23-18-33(14-10-28(2,3)27(34)30-12-15-32(4)5)13-9-21(23)17-25-26(19)22-16-20(8-11-29)6-7-24(22)31-25/h6-7,16,19,21,23,27,30-31,34H,8-15,17-18H2,1-5H3/t19-,21?,23?,27?/m1/s1. The van der Waals surface area contributed by atoms with Gasteiger partial charge in [0, 0.05) is 48.1 Å². The largest absolute Gasteiger partial charge is 0.378 e. The maximum atomic E-state index is 12.9. The summed E-state index contributed by atoms with van der Waals surface area (Å²) in [5.41, 5.74) is 5.00. The van der Waals surface area contributed by atoms with E-state index in [9.17, 15) is 9.50 Å². The van der Waals surface area contributed by atoms with Gasteiger partial charge in [-0.1, -0.05) is 26.8 Å². The number of aliphatic hydroxyl groups excluding tert-OH is 1. The molecule has 5 nitrogen and oxygen atoms in total. The van der Waals surface area contributed by atoms with Gasteiger partial charge in [0.2, 0.25) is 0 Å². The van der Waals surface area contributed by atoms with E-state index in [0.29, 0.717) is 18.3 Å². The number of likely N-dealkylation sites (N-methyl/N-ethyl adjacent to an activating group) is 1. The van der Waals surface area contributed by atoms with E-state index in [1.54, 1.807) is 0 Å². The summed E-state index contributed by atoms with van der Waals surface area (Å²) in [4.78, 5) is 8.45.